The van der Waals surface area contributed by atoms with Crippen LogP contribution in [0.1, 0.15) is 38.1 Å². The van der Waals surface area contributed by atoms with Crippen molar-refractivity contribution in [3.05, 3.63) is 57.8 Å². The van der Waals surface area contributed by atoms with Crippen molar-refractivity contribution in [3.63, 3.8) is 0 Å². The van der Waals surface area contributed by atoms with Crippen LogP contribution >= 0.6 is 23.2 Å². The number of fused-ring (bicyclic) bond motifs is 1. The summed E-state index contributed by atoms with van der Waals surface area (Å²) in [5.41, 5.74) is 1.63. The molecule has 2 aromatic rings. The summed E-state index contributed by atoms with van der Waals surface area (Å²) in [6, 6.07) is 9.13. The van der Waals surface area contributed by atoms with Gasteiger partial charge in [0.25, 0.3) is 0 Å². The topological polar surface area (TPSA) is 37.3 Å². The third-order valence-corrected chi connectivity index (χ3v) is 4.60. The molecule has 2 heterocycles. The van der Waals surface area contributed by atoms with E-state index < -0.39 is 0 Å². The van der Waals surface area contributed by atoms with Gasteiger partial charge in [-0.15, -0.1) is 0 Å². The minimum Gasteiger partial charge on any atom is -0.348 e. The van der Waals surface area contributed by atoms with Crippen LogP contribution in [0.5, 0.6) is 0 Å². The number of carbonyl (C=O) groups excluding carboxylic acids is 1. The van der Waals surface area contributed by atoms with Gasteiger partial charge in [0.1, 0.15) is 6.04 Å². The first kappa shape index (κ1) is 17.2. The van der Waals surface area contributed by atoms with Crippen molar-refractivity contribution in [2.75, 3.05) is 6.54 Å². The molecule has 1 aromatic carbocycles. The van der Waals surface area contributed by atoms with Gasteiger partial charge in [-0.1, -0.05) is 29.3 Å². The molecule has 0 aliphatic carbocycles. The maximum Gasteiger partial charge on any atom is 0.318 e. The van der Waals surface area contributed by atoms with E-state index in [0.717, 1.165) is 17.8 Å². The summed E-state index contributed by atoms with van der Waals surface area (Å²) in [5.74, 6) is 0. The number of rotatable bonds is 1. The van der Waals surface area contributed by atoms with Crippen LogP contribution < -0.4 is 5.32 Å². The van der Waals surface area contributed by atoms with E-state index >= 15 is 0 Å². The van der Waals surface area contributed by atoms with Crippen molar-refractivity contribution >= 4 is 29.2 Å². The van der Waals surface area contributed by atoms with Crippen LogP contribution in [0.25, 0.3) is 0 Å². The number of nitrogens with zero attached hydrogens (tertiary/aromatic N) is 2. The second-order valence-corrected chi connectivity index (χ2v) is 7.91. The molecule has 0 saturated heterocycles. The molecule has 1 atom stereocenters. The smallest absolute Gasteiger partial charge is 0.318 e. The van der Waals surface area contributed by atoms with E-state index in [-0.39, 0.29) is 17.6 Å². The summed E-state index contributed by atoms with van der Waals surface area (Å²) in [7, 11) is 0. The molecule has 4 nitrogen and oxygen atoms in total. The van der Waals surface area contributed by atoms with Crippen molar-refractivity contribution in [1.82, 2.24) is 14.8 Å². The Morgan fingerprint density at radius 1 is 1.21 bits per heavy atom. The maximum absolute atomic E-state index is 12.8. The molecular formula is C18H21Cl2N3O. The van der Waals surface area contributed by atoms with Crippen molar-refractivity contribution in [2.24, 2.45) is 0 Å². The third-order valence-electron chi connectivity index (χ3n) is 4.04. The van der Waals surface area contributed by atoms with Gasteiger partial charge in [-0.05, 0) is 50.6 Å². The Bertz CT molecular complexity index is 764. The lowest BCUT2D eigenvalue weighted by Crippen LogP contribution is -2.52. The molecule has 1 aromatic heterocycles. The van der Waals surface area contributed by atoms with Gasteiger partial charge in [-0.25, -0.2) is 4.79 Å². The summed E-state index contributed by atoms with van der Waals surface area (Å²) in [4.78, 5) is 14.7. The zero-order valence-electron chi connectivity index (χ0n) is 14.0. The summed E-state index contributed by atoms with van der Waals surface area (Å²) >= 11 is 12.5. The molecule has 128 valence electrons. The molecule has 0 spiro atoms. The van der Waals surface area contributed by atoms with Crippen LogP contribution in [0.3, 0.4) is 0 Å². The number of aromatic nitrogens is 1. The molecule has 1 aliphatic heterocycles. The first-order valence-corrected chi connectivity index (χ1v) is 8.70. The largest absolute Gasteiger partial charge is 0.348 e. The first-order chi connectivity index (χ1) is 11.3. The van der Waals surface area contributed by atoms with Gasteiger partial charge in [0.2, 0.25) is 0 Å². The lowest BCUT2D eigenvalue weighted by molar-refractivity contribution is 0.161. The van der Waals surface area contributed by atoms with Gasteiger partial charge in [-0.3, -0.25) is 0 Å². The molecule has 2 amide bonds. The van der Waals surface area contributed by atoms with Crippen molar-refractivity contribution < 1.29 is 4.79 Å². The van der Waals surface area contributed by atoms with Crippen LogP contribution in [0.15, 0.2) is 36.5 Å². The molecule has 0 saturated carbocycles. The molecule has 24 heavy (non-hydrogen) atoms. The molecule has 1 N–H and O–H groups in total. The van der Waals surface area contributed by atoms with E-state index in [1.54, 1.807) is 6.07 Å². The van der Waals surface area contributed by atoms with E-state index in [4.69, 9.17) is 23.2 Å². The van der Waals surface area contributed by atoms with Gasteiger partial charge in [0, 0.05) is 40.6 Å². The second-order valence-electron chi connectivity index (χ2n) is 7.07. The molecule has 3 rings (SSSR count). The van der Waals surface area contributed by atoms with Crippen LogP contribution in [0, 0.1) is 0 Å². The number of hydrogen-bond acceptors (Lipinski definition) is 1. The molecule has 0 unspecified atom stereocenters. The lowest BCUT2D eigenvalue weighted by Gasteiger charge is -2.39. The average molecular weight is 366 g/mol. The van der Waals surface area contributed by atoms with Gasteiger partial charge in [0.05, 0.1) is 0 Å². The van der Waals surface area contributed by atoms with Gasteiger partial charge >= 0.3 is 6.03 Å². The third kappa shape index (κ3) is 3.40. The Labute approximate surface area is 152 Å². The Kier molecular flexibility index (Phi) is 4.54. The summed E-state index contributed by atoms with van der Waals surface area (Å²) in [5, 5.41) is 4.20. The Morgan fingerprint density at radius 3 is 2.62 bits per heavy atom. The van der Waals surface area contributed by atoms with Crippen molar-refractivity contribution in [2.45, 2.75) is 38.9 Å². The van der Waals surface area contributed by atoms with Crippen molar-refractivity contribution in [3.8, 4) is 0 Å². The lowest BCUT2D eigenvalue weighted by atomic mass is 10.00. The molecular weight excluding hydrogens is 345 g/mol. The van der Waals surface area contributed by atoms with E-state index in [1.165, 1.54) is 0 Å². The number of urea groups is 1. The van der Waals surface area contributed by atoms with Gasteiger partial charge in [0.15, 0.2) is 0 Å². The number of halogens is 2. The summed E-state index contributed by atoms with van der Waals surface area (Å²) in [6.07, 6.45) is 2.03. The second kappa shape index (κ2) is 6.34. The molecule has 0 radical (unpaired) electrons. The summed E-state index contributed by atoms with van der Waals surface area (Å²) < 4.78 is 2.16. The minimum absolute atomic E-state index is 0.0917. The highest BCUT2D eigenvalue weighted by Gasteiger charge is 2.34. The fourth-order valence-corrected chi connectivity index (χ4v) is 3.56. The van der Waals surface area contributed by atoms with Crippen LogP contribution in [-0.4, -0.2) is 27.6 Å². The minimum atomic E-state index is -0.301. The fourth-order valence-electron chi connectivity index (χ4n) is 3.05. The van der Waals surface area contributed by atoms with E-state index in [2.05, 4.69) is 9.88 Å². The Hall–Kier alpha value is -1.65. The van der Waals surface area contributed by atoms with Gasteiger partial charge < -0.3 is 14.8 Å². The molecule has 0 fully saturated rings. The monoisotopic (exact) mass is 365 g/mol. The number of amides is 2. The number of nitrogens with one attached hydrogen (secondary N) is 1. The highest BCUT2D eigenvalue weighted by molar-refractivity contribution is 6.35. The quantitative estimate of drug-likeness (QED) is 0.780. The number of hydrogen-bond donors (Lipinski definition) is 1. The van der Waals surface area contributed by atoms with E-state index in [9.17, 15) is 4.79 Å². The predicted molar refractivity (Wildman–Crippen MR) is 97.7 cm³/mol. The average Bonchev–Trinajstić information content (AvgIpc) is 2.93. The highest BCUT2D eigenvalue weighted by Crippen LogP contribution is 2.37. The van der Waals surface area contributed by atoms with Crippen LogP contribution in [0.2, 0.25) is 10.0 Å². The highest BCUT2D eigenvalue weighted by atomic mass is 35.5. The van der Waals surface area contributed by atoms with E-state index in [1.807, 2.05) is 56.1 Å². The van der Waals surface area contributed by atoms with Crippen molar-refractivity contribution in [1.29, 1.82) is 0 Å². The van der Waals surface area contributed by atoms with E-state index in [0.29, 0.717) is 16.6 Å². The van der Waals surface area contributed by atoms with Crippen LogP contribution in [0.4, 0.5) is 4.79 Å². The molecule has 6 heteroatoms. The normalized spacial score (nSPS) is 17.5. The predicted octanol–water partition coefficient (Wildman–Crippen LogP) is 4.71. The first-order valence-electron chi connectivity index (χ1n) is 7.95. The van der Waals surface area contributed by atoms with Gasteiger partial charge in [-0.2, -0.15) is 0 Å². The molecule has 1 aliphatic rings. The number of benzene rings is 1. The SMILES string of the molecule is CC(C)(C)NC(=O)N1CCn2cccc2[C@@H]1c1ccc(Cl)cc1Cl. The fraction of sp³-hybridized carbons (Fsp3) is 0.389. The maximum atomic E-state index is 12.8. The van der Waals surface area contributed by atoms with Crippen LogP contribution in [-0.2, 0) is 6.54 Å². The zero-order chi connectivity index (χ0) is 17.5. The summed E-state index contributed by atoms with van der Waals surface area (Å²) in [6.45, 7) is 7.31. The molecule has 0 bridgehead atoms. The Morgan fingerprint density at radius 2 is 1.96 bits per heavy atom. The standard InChI is InChI=1S/C18H21Cl2N3O/c1-18(2,3)21-17(24)23-10-9-22-8-4-5-15(22)16(23)13-7-6-12(19)11-14(13)20/h4-8,11,16H,9-10H2,1-3H3,(H,21,24)/t16-/m0/s1. The number of carbonyl (C=O) groups is 1. The Balaban J connectivity index is 2.04. The zero-order valence-corrected chi connectivity index (χ0v) is 15.5.